The predicted molar refractivity (Wildman–Crippen MR) is 130 cm³/mol. The number of unbranched alkanes of at least 4 members (excludes halogenated alkanes) is 1. The van der Waals surface area contributed by atoms with Crippen LogP contribution in [0.1, 0.15) is 30.1 Å². The topological polar surface area (TPSA) is 78.9 Å². The fourth-order valence-corrected chi connectivity index (χ4v) is 4.32. The third kappa shape index (κ3) is 5.34. The van der Waals surface area contributed by atoms with Crippen LogP contribution in [0.4, 0.5) is 5.13 Å². The summed E-state index contributed by atoms with van der Waals surface area (Å²) >= 11 is 4.78. The molecular formula is C23H25BrN2O5S. The Morgan fingerprint density at radius 1 is 1.09 bits per heavy atom. The molecule has 9 heteroatoms. The molecular weight excluding hydrogens is 496 g/mol. The number of carbonyl (C=O) groups excluding carboxylic acids is 1. The van der Waals surface area contributed by atoms with E-state index in [0.717, 1.165) is 29.8 Å². The molecule has 0 atom stereocenters. The van der Waals surface area contributed by atoms with Crippen molar-refractivity contribution in [2.75, 3.05) is 33.3 Å². The number of methoxy groups -OCH3 is 3. The Bertz CT molecular complexity index is 1070. The molecule has 1 aromatic heterocycles. The zero-order valence-corrected chi connectivity index (χ0v) is 20.8. The zero-order chi connectivity index (χ0) is 23.1. The van der Waals surface area contributed by atoms with E-state index in [4.69, 9.17) is 18.9 Å². The zero-order valence-electron chi connectivity index (χ0n) is 18.4. The van der Waals surface area contributed by atoms with Gasteiger partial charge in [-0.15, -0.1) is 11.3 Å². The number of nitrogens with one attached hydrogen (secondary N) is 1. The standard InChI is InChI=1S/C23H25BrN2O5S/c1-5-6-11-31-15-9-7-14(8-10-15)17-13-32-23(25-17)26-22(27)16-12-18(28-2)20(29-3)21(30-4)19(16)24/h7-10,12-13H,5-6,11H2,1-4H3,(H,25,26,27). The Hall–Kier alpha value is -2.78. The molecule has 0 bridgehead atoms. The van der Waals surface area contributed by atoms with Gasteiger partial charge in [0.1, 0.15) is 5.75 Å². The van der Waals surface area contributed by atoms with Crippen LogP contribution < -0.4 is 24.3 Å². The van der Waals surface area contributed by atoms with E-state index in [0.29, 0.717) is 39.0 Å². The molecule has 0 aliphatic rings. The summed E-state index contributed by atoms with van der Waals surface area (Å²) in [5.41, 5.74) is 2.05. The first-order chi connectivity index (χ1) is 15.5. The second-order valence-corrected chi connectivity index (χ2v) is 8.38. The normalized spacial score (nSPS) is 10.5. The van der Waals surface area contributed by atoms with Crippen molar-refractivity contribution in [3.8, 4) is 34.3 Å². The van der Waals surface area contributed by atoms with Crippen molar-refractivity contribution in [2.24, 2.45) is 0 Å². The van der Waals surface area contributed by atoms with Crippen molar-refractivity contribution in [1.82, 2.24) is 4.98 Å². The third-order valence-corrected chi connectivity index (χ3v) is 6.20. The minimum Gasteiger partial charge on any atom is -0.494 e. The average molecular weight is 521 g/mol. The van der Waals surface area contributed by atoms with Crippen LogP contribution in [-0.2, 0) is 0 Å². The second kappa shape index (κ2) is 11.2. The Labute approximate surface area is 199 Å². The first-order valence-electron chi connectivity index (χ1n) is 10.0. The molecule has 0 saturated carbocycles. The van der Waals surface area contributed by atoms with Gasteiger partial charge in [-0.1, -0.05) is 13.3 Å². The molecule has 7 nitrogen and oxygen atoms in total. The molecule has 0 saturated heterocycles. The summed E-state index contributed by atoms with van der Waals surface area (Å²) in [6.07, 6.45) is 2.12. The molecule has 170 valence electrons. The highest BCUT2D eigenvalue weighted by molar-refractivity contribution is 9.10. The van der Waals surface area contributed by atoms with Crippen molar-refractivity contribution >= 4 is 38.3 Å². The van der Waals surface area contributed by atoms with Crippen molar-refractivity contribution in [1.29, 1.82) is 0 Å². The van der Waals surface area contributed by atoms with Crippen molar-refractivity contribution in [3.05, 3.63) is 45.7 Å². The van der Waals surface area contributed by atoms with Gasteiger partial charge in [-0.2, -0.15) is 0 Å². The first kappa shape index (κ1) is 23.9. The quantitative estimate of drug-likeness (QED) is 0.329. The highest BCUT2D eigenvalue weighted by atomic mass is 79.9. The van der Waals surface area contributed by atoms with E-state index in [1.165, 1.54) is 32.7 Å². The highest BCUT2D eigenvalue weighted by Gasteiger charge is 2.23. The van der Waals surface area contributed by atoms with Gasteiger partial charge in [0.2, 0.25) is 5.75 Å². The number of halogens is 1. The van der Waals surface area contributed by atoms with Crippen LogP contribution in [0.3, 0.4) is 0 Å². The van der Waals surface area contributed by atoms with Gasteiger partial charge in [-0.25, -0.2) is 4.98 Å². The van der Waals surface area contributed by atoms with Crippen LogP contribution in [0.25, 0.3) is 11.3 Å². The maximum Gasteiger partial charge on any atom is 0.258 e. The van der Waals surface area contributed by atoms with E-state index in [2.05, 4.69) is 33.2 Å². The fourth-order valence-electron chi connectivity index (χ4n) is 2.97. The number of benzene rings is 2. The monoisotopic (exact) mass is 520 g/mol. The average Bonchev–Trinajstić information content (AvgIpc) is 3.27. The molecule has 0 unspecified atom stereocenters. The lowest BCUT2D eigenvalue weighted by Crippen LogP contribution is -2.13. The molecule has 1 N–H and O–H groups in total. The molecule has 0 aliphatic heterocycles. The van der Waals surface area contributed by atoms with E-state index in [1.807, 2.05) is 29.6 Å². The van der Waals surface area contributed by atoms with E-state index in [9.17, 15) is 4.79 Å². The molecule has 0 fully saturated rings. The van der Waals surface area contributed by atoms with Crippen molar-refractivity contribution in [3.63, 3.8) is 0 Å². The minimum atomic E-state index is -0.350. The number of hydrogen-bond donors (Lipinski definition) is 1. The van der Waals surface area contributed by atoms with Gasteiger partial charge in [0.25, 0.3) is 5.91 Å². The van der Waals surface area contributed by atoms with Gasteiger partial charge in [0, 0.05) is 10.9 Å². The number of hydrogen-bond acceptors (Lipinski definition) is 7. The molecule has 32 heavy (non-hydrogen) atoms. The lowest BCUT2D eigenvalue weighted by atomic mass is 10.1. The number of carbonyl (C=O) groups is 1. The second-order valence-electron chi connectivity index (χ2n) is 6.73. The molecule has 0 spiro atoms. The van der Waals surface area contributed by atoms with Crippen LogP contribution in [0.5, 0.6) is 23.0 Å². The lowest BCUT2D eigenvalue weighted by molar-refractivity contribution is 0.102. The molecule has 3 aromatic rings. The van der Waals surface area contributed by atoms with Crippen LogP contribution in [0.2, 0.25) is 0 Å². The van der Waals surface area contributed by atoms with Gasteiger partial charge in [0.15, 0.2) is 16.6 Å². The number of rotatable bonds is 10. The van der Waals surface area contributed by atoms with Crippen LogP contribution in [0.15, 0.2) is 40.2 Å². The Morgan fingerprint density at radius 2 is 1.81 bits per heavy atom. The molecule has 2 aromatic carbocycles. The van der Waals surface area contributed by atoms with E-state index in [1.54, 1.807) is 6.07 Å². The van der Waals surface area contributed by atoms with Crippen LogP contribution >= 0.6 is 27.3 Å². The summed E-state index contributed by atoms with van der Waals surface area (Å²) in [5, 5.41) is 5.21. The lowest BCUT2D eigenvalue weighted by Gasteiger charge is -2.16. The van der Waals surface area contributed by atoms with Gasteiger partial charge < -0.3 is 18.9 Å². The Kier molecular flexibility index (Phi) is 8.35. The van der Waals surface area contributed by atoms with Crippen molar-refractivity contribution in [2.45, 2.75) is 19.8 Å². The molecule has 0 radical (unpaired) electrons. The summed E-state index contributed by atoms with van der Waals surface area (Å²) in [6, 6.07) is 9.35. The Balaban J connectivity index is 1.76. The summed E-state index contributed by atoms with van der Waals surface area (Å²) in [5.74, 6) is 1.64. The first-order valence-corrected chi connectivity index (χ1v) is 11.7. The van der Waals surface area contributed by atoms with Gasteiger partial charge in [-0.05, 0) is 52.7 Å². The van der Waals surface area contributed by atoms with E-state index >= 15 is 0 Å². The smallest absolute Gasteiger partial charge is 0.258 e. The summed E-state index contributed by atoms with van der Waals surface area (Å²) in [4.78, 5) is 17.5. The number of anilines is 1. The van der Waals surface area contributed by atoms with E-state index in [-0.39, 0.29) is 5.91 Å². The summed E-state index contributed by atoms with van der Waals surface area (Å²) in [6.45, 7) is 2.84. The van der Waals surface area contributed by atoms with Crippen LogP contribution in [0, 0.1) is 0 Å². The number of nitrogens with zero attached hydrogens (tertiary/aromatic N) is 1. The summed E-state index contributed by atoms with van der Waals surface area (Å²) in [7, 11) is 4.50. The fraction of sp³-hybridized carbons (Fsp3) is 0.304. The molecule has 3 rings (SSSR count). The van der Waals surface area contributed by atoms with Gasteiger partial charge >= 0.3 is 0 Å². The van der Waals surface area contributed by atoms with E-state index < -0.39 is 0 Å². The largest absolute Gasteiger partial charge is 0.494 e. The number of amides is 1. The third-order valence-electron chi connectivity index (χ3n) is 4.66. The SMILES string of the molecule is CCCCOc1ccc(-c2csc(NC(=O)c3cc(OC)c(OC)c(OC)c3Br)n2)cc1. The van der Waals surface area contributed by atoms with Crippen molar-refractivity contribution < 1.29 is 23.7 Å². The maximum atomic E-state index is 12.9. The number of aromatic nitrogens is 1. The molecule has 0 aliphatic carbocycles. The Morgan fingerprint density at radius 3 is 2.44 bits per heavy atom. The predicted octanol–water partition coefficient (Wildman–Crippen LogP) is 6.03. The minimum absolute atomic E-state index is 0.338. The maximum absolute atomic E-state index is 12.9. The summed E-state index contributed by atoms with van der Waals surface area (Å²) < 4.78 is 22.3. The van der Waals surface area contributed by atoms with Crippen LogP contribution in [-0.4, -0.2) is 38.8 Å². The number of ether oxygens (including phenoxy) is 4. The highest BCUT2D eigenvalue weighted by Crippen LogP contribution is 2.45. The molecule has 1 amide bonds. The van der Waals surface area contributed by atoms with Gasteiger partial charge in [-0.3, -0.25) is 10.1 Å². The molecule has 1 heterocycles. The number of thiazole rings is 1. The van der Waals surface area contributed by atoms with Gasteiger partial charge in [0.05, 0.1) is 43.7 Å².